The lowest BCUT2D eigenvalue weighted by atomic mass is 9.89. The van der Waals surface area contributed by atoms with Crippen molar-refractivity contribution in [2.45, 2.75) is 45.1 Å². The number of aryl methyl sites for hydroxylation is 1. The normalized spacial score (nSPS) is 15.8. The smallest absolute Gasteiger partial charge is 0.410 e. The van der Waals surface area contributed by atoms with Gasteiger partial charge in [-0.2, -0.15) is 5.10 Å². The van der Waals surface area contributed by atoms with Crippen LogP contribution < -0.4 is 5.32 Å². The van der Waals surface area contributed by atoms with Crippen molar-refractivity contribution in [3.05, 3.63) is 36.4 Å². The maximum atomic E-state index is 12.2. The summed E-state index contributed by atoms with van der Waals surface area (Å²) in [5.41, 5.74) is 1.98. The Morgan fingerprint density at radius 3 is 2.70 bits per heavy atom. The highest BCUT2D eigenvalue weighted by atomic mass is 16.6. The Morgan fingerprint density at radius 2 is 2.07 bits per heavy atom. The second-order valence-electron chi connectivity index (χ2n) is 8.16. The molecule has 0 saturated carbocycles. The van der Waals surface area contributed by atoms with E-state index in [4.69, 9.17) is 4.74 Å². The molecule has 27 heavy (non-hydrogen) atoms. The highest BCUT2D eigenvalue weighted by molar-refractivity contribution is 5.90. The number of piperidine rings is 1. The van der Waals surface area contributed by atoms with Gasteiger partial charge in [-0.25, -0.2) is 4.79 Å². The van der Waals surface area contributed by atoms with Crippen LogP contribution in [-0.4, -0.2) is 46.0 Å². The van der Waals surface area contributed by atoms with E-state index in [-0.39, 0.29) is 6.09 Å². The number of carbonyl (C=O) groups is 1. The molecule has 1 aliphatic heterocycles. The number of aromatic nitrogens is 2. The number of fused-ring (bicyclic) bond motifs is 1. The summed E-state index contributed by atoms with van der Waals surface area (Å²) >= 11 is 0. The molecular formula is C21H30N4O2. The summed E-state index contributed by atoms with van der Waals surface area (Å²) in [6, 6.07) is 6.56. The van der Waals surface area contributed by atoms with E-state index in [0.29, 0.717) is 12.5 Å². The summed E-state index contributed by atoms with van der Waals surface area (Å²) in [7, 11) is 1.97. The Hall–Kier alpha value is -2.50. The van der Waals surface area contributed by atoms with Crippen LogP contribution in [0.3, 0.4) is 0 Å². The first-order valence-corrected chi connectivity index (χ1v) is 9.58. The molecule has 0 radical (unpaired) electrons. The number of carbonyl (C=O) groups excluding carboxylic acids is 1. The fourth-order valence-electron chi connectivity index (χ4n) is 3.55. The van der Waals surface area contributed by atoms with E-state index in [0.717, 1.165) is 42.7 Å². The molecule has 146 valence electrons. The number of hydrogen-bond acceptors (Lipinski definition) is 4. The minimum Gasteiger partial charge on any atom is -0.444 e. The predicted molar refractivity (Wildman–Crippen MR) is 109 cm³/mol. The van der Waals surface area contributed by atoms with E-state index >= 15 is 0 Å². The van der Waals surface area contributed by atoms with Crippen LogP contribution in [0, 0.1) is 0 Å². The van der Waals surface area contributed by atoms with Crippen LogP contribution in [0.2, 0.25) is 0 Å². The molecule has 1 N–H and O–H groups in total. The average Bonchev–Trinajstić information content (AvgIpc) is 2.94. The third-order valence-corrected chi connectivity index (χ3v) is 4.91. The van der Waals surface area contributed by atoms with Gasteiger partial charge in [0.25, 0.3) is 0 Å². The van der Waals surface area contributed by atoms with Crippen molar-refractivity contribution >= 4 is 22.8 Å². The first kappa shape index (κ1) is 19.3. The first-order chi connectivity index (χ1) is 12.8. The molecule has 1 aromatic heterocycles. The molecule has 0 bridgehead atoms. The number of anilines is 1. The van der Waals surface area contributed by atoms with Crippen LogP contribution >= 0.6 is 0 Å². The molecule has 0 unspecified atom stereocenters. The standard InChI is InChI=1S/C21H30N4O2/c1-6-11-22-19-17-8-7-16(14-18(17)24(5)23-19)15-9-12-25(13-10-15)20(26)27-21(2,3)4/h6-8,14-15H,1,9-13H2,2-5H3,(H,22,23). The van der Waals surface area contributed by atoms with Gasteiger partial charge in [0.1, 0.15) is 5.60 Å². The van der Waals surface area contributed by atoms with Crippen LogP contribution in [0.25, 0.3) is 10.9 Å². The molecule has 1 saturated heterocycles. The Labute approximate surface area is 161 Å². The van der Waals surface area contributed by atoms with E-state index in [1.807, 2.05) is 43.5 Å². The Balaban J connectivity index is 1.69. The molecule has 1 aromatic carbocycles. The molecule has 6 nitrogen and oxygen atoms in total. The molecular weight excluding hydrogens is 340 g/mol. The summed E-state index contributed by atoms with van der Waals surface area (Å²) in [5.74, 6) is 1.34. The highest BCUT2D eigenvalue weighted by Gasteiger charge is 2.27. The minimum absolute atomic E-state index is 0.207. The first-order valence-electron chi connectivity index (χ1n) is 9.58. The van der Waals surface area contributed by atoms with Crippen molar-refractivity contribution < 1.29 is 9.53 Å². The number of rotatable bonds is 4. The van der Waals surface area contributed by atoms with Crippen LogP contribution in [0.1, 0.15) is 45.1 Å². The van der Waals surface area contributed by atoms with Gasteiger partial charge in [-0.05, 0) is 57.2 Å². The average molecular weight is 370 g/mol. The molecule has 1 aliphatic rings. The van der Waals surface area contributed by atoms with Crippen molar-refractivity contribution in [2.24, 2.45) is 7.05 Å². The van der Waals surface area contributed by atoms with Gasteiger partial charge in [0.05, 0.1) is 5.52 Å². The molecule has 1 fully saturated rings. The largest absolute Gasteiger partial charge is 0.444 e. The summed E-state index contributed by atoms with van der Waals surface area (Å²) in [4.78, 5) is 14.1. The third kappa shape index (κ3) is 4.43. The second kappa shape index (κ2) is 7.62. The maximum absolute atomic E-state index is 12.2. The van der Waals surface area contributed by atoms with Crippen molar-refractivity contribution in [1.29, 1.82) is 0 Å². The SMILES string of the molecule is C=CCNc1nn(C)c2cc(C3CCN(C(=O)OC(C)(C)C)CC3)ccc12. The van der Waals surface area contributed by atoms with Crippen LogP contribution in [0.15, 0.2) is 30.9 Å². The summed E-state index contributed by atoms with van der Waals surface area (Å²) < 4.78 is 7.40. The van der Waals surface area contributed by atoms with Crippen LogP contribution in [0.4, 0.5) is 10.6 Å². The van der Waals surface area contributed by atoms with Gasteiger partial charge < -0.3 is 15.0 Å². The monoisotopic (exact) mass is 370 g/mol. The number of nitrogens with one attached hydrogen (secondary N) is 1. The van der Waals surface area contributed by atoms with E-state index in [2.05, 4.69) is 35.2 Å². The van der Waals surface area contributed by atoms with Gasteiger partial charge in [-0.3, -0.25) is 4.68 Å². The highest BCUT2D eigenvalue weighted by Crippen LogP contribution is 2.32. The zero-order chi connectivity index (χ0) is 19.6. The molecule has 2 aromatic rings. The number of amides is 1. The summed E-state index contributed by atoms with van der Waals surface area (Å²) in [5, 5.41) is 8.98. The molecule has 2 heterocycles. The third-order valence-electron chi connectivity index (χ3n) is 4.91. The number of nitrogens with zero attached hydrogens (tertiary/aromatic N) is 3. The number of likely N-dealkylation sites (tertiary alicyclic amines) is 1. The van der Waals surface area contributed by atoms with Gasteiger partial charge in [0, 0.05) is 32.1 Å². The lowest BCUT2D eigenvalue weighted by molar-refractivity contribution is 0.0205. The van der Waals surface area contributed by atoms with Crippen LogP contribution in [0.5, 0.6) is 0 Å². The van der Waals surface area contributed by atoms with Crippen LogP contribution in [-0.2, 0) is 11.8 Å². The fraction of sp³-hybridized carbons (Fsp3) is 0.524. The van der Waals surface area contributed by atoms with Gasteiger partial charge in [-0.1, -0.05) is 12.1 Å². The number of benzene rings is 1. The molecule has 6 heteroatoms. The quantitative estimate of drug-likeness (QED) is 0.816. The summed E-state index contributed by atoms with van der Waals surface area (Å²) in [6.45, 7) is 11.6. The number of ether oxygens (including phenoxy) is 1. The van der Waals surface area contributed by atoms with E-state index in [9.17, 15) is 4.79 Å². The molecule has 0 atom stereocenters. The topological polar surface area (TPSA) is 59.4 Å². The molecule has 1 amide bonds. The molecule has 3 rings (SSSR count). The molecule has 0 spiro atoms. The van der Waals surface area contributed by atoms with Crippen molar-refractivity contribution in [3.8, 4) is 0 Å². The molecule has 0 aliphatic carbocycles. The van der Waals surface area contributed by atoms with Crippen molar-refractivity contribution in [3.63, 3.8) is 0 Å². The Morgan fingerprint density at radius 1 is 1.37 bits per heavy atom. The van der Waals surface area contributed by atoms with E-state index < -0.39 is 5.60 Å². The fourth-order valence-corrected chi connectivity index (χ4v) is 3.55. The Kier molecular flexibility index (Phi) is 5.44. The predicted octanol–water partition coefficient (Wildman–Crippen LogP) is 4.29. The van der Waals surface area contributed by atoms with Crippen molar-refractivity contribution in [1.82, 2.24) is 14.7 Å². The van der Waals surface area contributed by atoms with Gasteiger partial charge in [0.15, 0.2) is 5.82 Å². The van der Waals surface area contributed by atoms with Gasteiger partial charge in [0.2, 0.25) is 0 Å². The van der Waals surface area contributed by atoms with E-state index in [1.54, 1.807) is 0 Å². The number of hydrogen-bond donors (Lipinski definition) is 1. The lowest BCUT2D eigenvalue weighted by Crippen LogP contribution is -2.41. The minimum atomic E-state index is -0.449. The van der Waals surface area contributed by atoms with E-state index in [1.165, 1.54) is 5.56 Å². The lowest BCUT2D eigenvalue weighted by Gasteiger charge is -2.33. The zero-order valence-corrected chi connectivity index (χ0v) is 16.8. The maximum Gasteiger partial charge on any atom is 0.410 e. The van der Waals surface area contributed by atoms with Crippen molar-refractivity contribution in [2.75, 3.05) is 25.0 Å². The summed E-state index contributed by atoms with van der Waals surface area (Å²) in [6.07, 6.45) is 3.52. The Bertz CT molecular complexity index is 827. The van der Waals surface area contributed by atoms with Gasteiger partial charge in [-0.15, -0.1) is 6.58 Å². The second-order valence-corrected chi connectivity index (χ2v) is 8.16. The van der Waals surface area contributed by atoms with Gasteiger partial charge >= 0.3 is 6.09 Å². The zero-order valence-electron chi connectivity index (χ0n) is 16.8.